The van der Waals surface area contributed by atoms with Crippen LogP contribution in [0, 0.1) is 0 Å². The predicted molar refractivity (Wildman–Crippen MR) is 197 cm³/mol. The first-order chi connectivity index (χ1) is 23.0. The first kappa shape index (κ1) is 45.4. The second kappa shape index (κ2) is 37.2. The molecule has 0 rings (SSSR count). The van der Waals surface area contributed by atoms with Crippen molar-refractivity contribution in [3.63, 3.8) is 0 Å². The molecule has 0 heterocycles. The van der Waals surface area contributed by atoms with Crippen LogP contribution in [0.25, 0.3) is 0 Å². The van der Waals surface area contributed by atoms with Gasteiger partial charge in [-0.25, -0.2) is 0 Å². The second-order valence-corrected chi connectivity index (χ2v) is 13.9. The molecule has 0 saturated heterocycles. The summed E-state index contributed by atoms with van der Waals surface area (Å²) in [5.41, 5.74) is 0. The molecule has 0 saturated carbocycles. The molecule has 0 radical (unpaired) electrons. The number of carbonyl (C=O) groups is 3. The van der Waals surface area contributed by atoms with E-state index < -0.39 is 6.10 Å². The van der Waals surface area contributed by atoms with Crippen LogP contribution in [0.1, 0.15) is 226 Å². The zero-order valence-electron chi connectivity index (χ0n) is 31.6. The van der Waals surface area contributed by atoms with E-state index in [9.17, 15) is 14.4 Å². The molecule has 6 nitrogen and oxygen atoms in total. The fourth-order valence-corrected chi connectivity index (χ4v) is 5.97. The third-order valence-electron chi connectivity index (χ3n) is 9.11. The van der Waals surface area contributed by atoms with E-state index in [1.807, 2.05) is 0 Å². The standard InChI is InChI=1S/C41H78O6/c1-4-7-10-13-16-19-22-25-28-31-34-40(43)46-37-38(36-45-39(42)33-30-27-24-21-18-15-12-9-6-3)47-41(44)35-32-29-26-23-20-17-14-11-8-5-2/h38H,4-37H2,1-3H3/t38-/m0/s1. The van der Waals surface area contributed by atoms with Gasteiger partial charge in [-0.05, 0) is 19.3 Å². The summed E-state index contributed by atoms with van der Waals surface area (Å²) in [6.07, 6.45) is 35.1. The Hall–Kier alpha value is -1.59. The summed E-state index contributed by atoms with van der Waals surface area (Å²) in [7, 11) is 0. The Labute approximate surface area is 291 Å². The normalized spacial score (nSPS) is 11.8. The zero-order valence-corrected chi connectivity index (χ0v) is 31.6. The van der Waals surface area contributed by atoms with Gasteiger partial charge in [-0.2, -0.15) is 0 Å². The molecule has 0 aromatic carbocycles. The Kier molecular flexibility index (Phi) is 36.0. The third-order valence-corrected chi connectivity index (χ3v) is 9.11. The van der Waals surface area contributed by atoms with Crippen molar-refractivity contribution >= 4 is 17.9 Å². The largest absolute Gasteiger partial charge is 0.462 e. The van der Waals surface area contributed by atoms with Gasteiger partial charge in [0, 0.05) is 19.3 Å². The van der Waals surface area contributed by atoms with Crippen molar-refractivity contribution in [1.82, 2.24) is 0 Å². The van der Waals surface area contributed by atoms with E-state index >= 15 is 0 Å². The van der Waals surface area contributed by atoms with Crippen LogP contribution in [0.2, 0.25) is 0 Å². The van der Waals surface area contributed by atoms with Crippen LogP contribution in [-0.2, 0) is 28.6 Å². The predicted octanol–water partition coefficient (Wildman–Crippen LogP) is 12.5. The Morgan fingerprint density at radius 2 is 0.574 bits per heavy atom. The molecule has 0 bridgehead atoms. The Balaban J connectivity index is 4.34. The molecular weight excluding hydrogens is 588 g/mol. The lowest BCUT2D eigenvalue weighted by atomic mass is 10.1. The maximum atomic E-state index is 12.6. The molecule has 0 aromatic rings. The third kappa shape index (κ3) is 35.5. The Morgan fingerprint density at radius 3 is 0.851 bits per heavy atom. The fraction of sp³-hybridized carbons (Fsp3) is 0.927. The lowest BCUT2D eigenvalue weighted by molar-refractivity contribution is -0.167. The minimum absolute atomic E-state index is 0.0638. The minimum atomic E-state index is -0.755. The highest BCUT2D eigenvalue weighted by molar-refractivity contribution is 5.71. The summed E-state index contributed by atoms with van der Waals surface area (Å²) >= 11 is 0. The number of carbonyl (C=O) groups excluding carboxylic acids is 3. The van der Waals surface area contributed by atoms with Crippen LogP contribution in [0.3, 0.4) is 0 Å². The Bertz CT molecular complexity index is 693. The lowest BCUT2D eigenvalue weighted by Crippen LogP contribution is -2.30. The van der Waals surface area contributed by atoms with E-state index in [1.54, 1.807) is 0 Å². The molecule has 0 fully saturated rings. The second-order valence-electron chi connectivity index (χ2n) is 13.9. The average Bonchev–Trinajstić information content (AvgIpc) is 3.06. The number of esters is 3. The number of hydrogen-bond acceptors (Lipinski definition) is 6. The van der Waals surface area contributed by atoms with Crippen LogP contribution >= 0.6 is 0 Å². The van der Waals surface area contributed by atoms with Crippen molar-refractivity contribution < 1.29 is 28.6 Å². The minimum Gasteiger partial charge on any atom is -0.462 e. The number of rotatable bonds is 37. The van der Waals surface area contributed by atoms with Gasteiger partial charge in [0.2, 0.25) is 0 Å². The summed E-state index contributed by atoms with van der Waals surface area (Å²) in [6, 6.07) is 0. The maximum Gasteiger partial charge on any atom is 0.306 e. The monoisotopic (exact) mass is 667 g/mol. The van der Waals surface area contributed by atoms with E-state index in [-0.39, 0.29) is 31.1 Å². The van der Waals surface area contributed by atoms with Gasteiger partial charge in [-0.15, -0.1) is 0 Å². The molecule has 47 heavy (non-hydrogen) atoms. The SMILES string of the molecule is CCCCCCCCCCCCC(=O)OC[C@H](COC(=O)CCCCCCCCCCC)OC(=O)CCCCCCCCCCCC. The molecule has 0 aliphatic rings. The van der Waals surface area contributed by atoms with Crippen molar-refractivity contribution in [2.24, 2.45) is 0 Å². The summed E-state index contributed by atoms with van der Waals surface area (Å²) in [5, 5.41) is 0. The Morgan fingerprint density at radius 1 is 0.340 bits per heavy atom. The van der Waals surface area contributed by atoms with Gasteiger partial charge in [-0.3, -0.25) is 14.4 Å². The first-order valence-corrected chi connectivity index (χ1v) is 20.5. The zero-order chi connectivity index (χ0) is 34.5. The molecule has 0 unspecified atom stereocenters. The van der Waals surface area contributed by atoms with Crippen molar-refractivity contribution in [3.05, 3.63) is 0 Å². The van der Waals surface area contributed by atoms with Gasteiger partial charge in [0.25, 0.3) is 0 Å². The molecule has 6 heteroatoms. The molecule has 0 aromatic heterocycles. The van der Waals surface area contributed by atoms with Crippen molar-refractivity contribution in [2.45, 2.75) is 232 Å². The molecular formula is C41H78O6. The number of hydrogen-bond donors (Lipinski definition) is 0. The van der Waals surface area contributed by atoms with E-state index in [2.05, 4.69) is 20.8 Å². The highest BCUT2D eigenvalue weighted by Gasteiger charge is 2.19. The summed E-state index contributed by atoms with van der Waals surface area (Å²) in [4.78, 5) is 37.4. The van der Waals surface area contributed by atoms with Crippen LogP contribution in [0.15, 0.2) is 0 Å². The lowest BCUT2D eigenvalue weighted by Gasteiger charge is -2.18. The van der Waals surface area contributed by atoms with E-state index in [1.165, 1.54) is 128 Å². The van der Waals surface area contributed by atoms with Crippen molar-refractivity contribution in [2.75, 3.05) is 13.2 Å². The highest BCUT2D eigenvalue weighted by atomic mass is 16.6. The number of ether oxygens (including phenoxy) is 3. The average molecular weight is 667 g/mol. The van der Waals surface area contributed by atoms with Crippen LogP contribution in [-0.4, -0.2) is 37.2 Å². The summed E-state index contributed by atoms with van der Waals surface area (Å²) in [5.74, 6) is -0.864. The van der Waals surface area contributed by atoms with Gasteiger partial charge in [0.1, 0.15) is 13.2 Å². The molecule has 0 spiro atoms. The molecule has 0 amide bonds. The van der Waals surface area contributed by atoms with Gasteiger partial charge in [0.05, 0.1) is 0 Å². The molecule has 0 aliphatic heterocycles. The van der Waals surface area contributed by atoms with Crippen LogP contribution < -0.4 is 0 Å². The number of unbranched alkanes of at least 4 members (excludes halogenated alkanes) is 26. The summed E-state index contributed by atoms with van der Waals surface area (Å²) < 4.78 is 16.6. The van der Waals surface area contributed by atoms with Crippen molar-refractivity contribution in [3.8, 4) is 0 Å². The molecule has 1 atom stereocenters. The quantitative estimate of drug-likeness (QED) is 0.0373. The van der Waals surface area contributed by atoms with Crippen LogP contribution in [0.4, 0.5) is 0 Å². The van der Waals surface area contributed by atoms with Gasteiger partial charge >= 0.3 is 17.9 Å². The van der Waals surface area contributed by atoms with Crippen molar-refractivity contribution in [1.29, 1.82) is 0 Å². The maximum absolute atomic E-state index is 12.6. The highest BCUT2D eigenvalue weighted by Crippen LogP contribution is 2.15. The van der Waals surface area contributed by atoms with E-state index in [4.69, 9.17) is 14.2 Å². The van der Waals surface area contributed by atoms with Gasteiger partial charge in [-0.1, -0.05) is 188 Å². The molecule has 278 valence electrons. The van der Waals surface area contributed by atoms with Crippen LogP contribution in [0.5, 0.6) is 0 Å². The van der Waals surface area contributed by atoms with E-state index in [0.29, 0.717) is 19.3 Å². The topological polar surface area (TPSA) is 78.9 Å². The van der Waals surface area contributed by atoms with Gasteiger partial charge < -0.3 is 14.2 Å². The summed E-state index contributed by atoms with van der Waals surface area (Å²) in [6.45, 7) is 6.59. The first-order valence-electron chi connectivity index (χ1n) is 20.5. The molecule has 0 N–H and O–H groups in total. The fourth-order valence-electron chi connectivity index (χ4n) is 5.97. The smallest absolute Gasteiger partial charge is 0.306 e. The van der Waals surface area contributed by atoms with Gasteiger partial charge in [0.15, 0.2) is 6.10 Å². The molecule has 0 aliphatic carbocycles. The van der Waals surface area contributed by atoms with E-state index in [0.717, 1.165) is 57.8 Å².